The van der Waals surface area contributed by atoms with Gasteiger partial charge in [-0.3, -0.25) is 14.2 Å². The van der Waals surface area contributed by atoms with Gasteiger partial charge in [-0.25, -0.2) is 0 Å². The predicted molar refractivity (Wildman–Crippen MR) is 60.9 cm³/mol. The predicted octanol–water partition coefficient (Wildman–Crippen LogP) is 0.363. The van der Waals surface area contributed by atoms with Crippen molar-refractivity contribution in [2.75, 3.05) is 13.2 Å². The van der Waals surface area contributed by atoms with Crippen molar-refractivity contribution in [3.8, 4) is 0 Å². The monoisotopic (exact) mass is 234 g/mol. The normalized spacial score (nSPS) is 21.4. The molecule has 0 radical (unpaired) electrons. The summed E-state index contributed by atoms with van der Waals surface area (Å²) >= 11 is 0. The van der Waals surface area contributed by atoms with Gasteiger partial charge in [0.1, 0.15) is 11.4 Å². The van der Waals surface area contributed by atoms with Crippen LogP contribution in [0.5, 0.6) is 0 Å². The van der Waals surface area contributed by atoms with Crippen LogP contribution in [0, 0.1) is 6.92 Å². The number of pyridine rings is 1. The van der Waals surface area contributed by atoms with Gasteiger partial charge in [0, 0.05) is 18.9 Å². The molecule has 1 fully saturated rings. The van der Waals surface area contributed by atoms with Crippen molar-refractivity contribution in [2.24, 2.45) is 0 Å². The van der Waals surface area contributed by atoms with Crippen LogP contribution in [0.1, 0.15) is 28.9 Å². The highest BCUT2D eigenvalue weighted by molar-refractivity contribution is 5.96. The molecule has 0 aromatic carbocycles. The topological polar surface area (TPSA) is 60.3 Å². The summed E-state index contributed by atoms with van der Waals surface area (Å²) < 4.78 is 6.93. The molecule has 0 aliphatic carbocycles. The van der Waals surface area contributed by atoms with E-state index in [2.05, 4.69) is 5.32 Å². The zero-order valence-electron chi connectivity index (χ0n) is 9.66. The van der Waals surface area contributed by atoms with Gasteiger partial charge in [0.15, 0.2) is 0 Å². The van der Waals surface area contributed by atoms with Crippen LogP contribution in [0.3, 0.4) is 0 Å². The van der Waals surface area contributed by atoms with Crippen molar-refractivity contribution in [2.45, 2.75) is 25.4 Å². The van der Waals surface area contributed by atoms with E-state index < -0.39 is 5.66 Å². The minimum absolute atomic E-state index is 0.120. The van der Waals surface area contributed by atoms with Gasteiger partial charge in [0.05, 0.1) is 13.2 Å². The van der Waals surface area contributed by atoms with Crippen LogP contribution in [0.25, 0.3) is 0 Å². The molecule has 3 rings (SSSR count). The largest absolute Gasteiger partial charge is 0.381 e. The lowest BCUT2D eigenvalue weighted by Crippen LogP contribution is -2.50. The molecule has 0 saturated carbocycles. The number of hydrogen-bond acceptors (Lipinski definition) is 3. The average molecular weight is 234 g/mol. The first-order valence-corrected chi connectivity index (χ1v) is 5.77. The highest BCUT2D eigenvalue weighted by atomic mass is 16.5. The smallest absolute Gasteiger partial charge is 0.270 e. The number of aryl methyl sites for hydroxylation is 1. The first-order valence-electron chi connectivity index (χ1n) is 5.77. The SMILES string of the molecule is Cc1ccc(=O)n2c1C(=O)NC21CCOCC1. The minimum atomic E-state index is -0.562. The lowest BCUT2D eigenvalue weighted by molar-refractivity contribution is 0.0119. The highest BCUT2D eigenvalue weighted by Crippen LogP contribution is 2.31. The van der Waals surface area contributed by atoms with Crippen LogP contribution >= 0.6 is 0 Å². The molecule has 2 aliphatic rings. The first kappa shape index (κ1) is 10.5. The van der Waals surface area contributed by atoms with Gasteiger partial charge in [-0.2, -0.15) is 0 Å². The second-order valence-electron chi connectivity index (χ2n) is 4.64. The standard InChI is InChI=1S/C12H14N2O3/c1-8-2-3-9(15)14-10(8)11(16)13-12(14)4-6-17-7-5-12/h2-3H,4-7H2,1H3,(H,13,16). The van der Waals surface area contributed by atoms with Crippen molar-refractivity contribution >= 4 is 5.91 Å². The fourth-order valence-corrected chi connectivity index (χ4v) is 2.73. The first-order chi connectivity index (χ1) is 8.14. The minimum Gasteiger partial charge on any atom is -0.381 e. The molecule has 1 aromatic rings. The quantitative estimate of drug-likeness (QED) is 0.705. The summed E-state index contributed by atoms with van der Waals surface area (Å²) in [6.07, 6.45) is 1.30. The summed E-state index contributed by atoms with van der Waals surface area (Å²) in [6, 6.07) is 3.22. The second kappa shape index (κ2) is 3.43. The van der Waals surface area contributed by atoms with E-state index in [0.29, 0.717) is 31.7 Å². The van der Waals surface area contributed by atoms with E-state index in [0.717, 1.165) is 5.56 Å². The van der Waals surface area contributed by atoms with Gasteiger partial charge >= 0.3 is 0 Å². The average Bonchev–Trinajstić information content (AvgIpc) is 2.59. The summed E-state index contributed by atoms with van der Waals surface area (Å²) in [6.45, 7) is 2.99. The van der Waals surface area contributed by atoms with Gasteiger partial charge in [-0.15, -0.1) is 0 Å². The van der Waals surface area contributed by atoms with Crippen molar-refractivity contribution in [3.63, 3.8) is 0 Å². The van der Waals surface area contributed by atoms with E-state index in [9.17, 15) is 9.59 Å². The number of carbonyl (C=O) groups is 1. The Hall–Kier alpha value is -1.62. The van der Waals surface area contributed by atoms with Crippen LogP contribution in [-0.4, -0.2) is 23.7 Å². The molecule has 17 heavy (non-hydrogen) atoms. The molecule has 1 saturated heterocycles. The molecule has 0 atom stereocenters. The van der Waals surface area contributed by atoms with Gasteiger partial charge < -0.3 is 10.1 Å². The van der Waals surface area contributed by atoms with Crippen molar-refractivity contribution in [1.82, 2.24) is 9.88 Å². The number of aromatic nitrogens is 1. The van der Waals surface area contributed by atoms with Crippen LogP contribution in [-0.2, 0) is 10.4 Å². The van der Waals surface area contributed by atoms with Crippen molar-refractivity contribution < 1.29 is 9.53 Å². The number of amides is 1. The molecule has 1 N–H and O–H groups in total. The van der Waals surface area contributed by atoms with Crippen molar-refractivity contribution in [1.29, 1.82) is 0 Å². The van der Waals surface area contributed by atoms with Crippen LogP contribution in [0.2, 0.25) is 0 Å². The Morgan fingerprint density at radius 1 is 1.29 bits per heavy atom. The molecule has 0 bridgehead atoms. The molecule has 5 heteroatoms. The third kappa shape index (κ3) is 1.35. The van der Waals surface area contributed by atoms with E-state index in [1.165, 1.54) is 6.07 Å². The second-order valence-corrected chi connectivity index (χ2v) is 4.64. The molecule has 1 amide bonds. The Bertz CT molecular complexity index is 541. The van der Waals surface area contributed by atoms with E-state index >= 15 is 0 Å². The van der Waals surface area contributed by atoms with E-state index in [4.69, 9.17) is 4.74 Å². The van der Waals surface area contributed by atoms with Gasteiger partial charge in [-0.1, -0.05) is 6.07 Å². The third-order valence-corrected chi connectivity index (χ3v) is 3.60. The van der Waals surface area contributed by atoms with E-state index in [-0.39, 0.29) is 11.5 Å². The Labute approximate surface area is 98.4 Å². The fourth-order valence-electron chi connectivity index (χ4n) is 2.73. The summed E-state index contributed by atoms with van der Waals surface area (Å²) in [5.74, 6) is -0.151. The Morgan fingerprint density at radius 2 is 2.00 bits per heavy atom. The maximum absolute atomic E-state index is 12.0. The molecule has 2 aliphatic heterocycles. The molecule has 1 spiro atoms. The highest BCUT2D eigenvalue weighted by Gasteiger charge is 2.44. The maximum atomic E-state index is 12.0. The van der Waals surface area contributed by atoms with Crippen molar-refractivity contribution in [3.05, 3.63) is 33.7 Å². The Kier molecular flexibility index (Phi) is 2.13. The summed E-state index contributed by atoms with van der Waals surface area (Å²) in [7, 11) is 0. The fraction of sp³-hybridized carbons (Fsp3) is 0.500. The molecule has 1 aromatic heterocycles. The molecule has 0 unspecified atom stereocenters. The number of rotatable bonds is 0. The van der Waals surface area contributed by atoms with Gasteiger partial charge in [-0.05, 0) is 12.5 Å². The molecular formula is C12H14N2O3. The Balaban J connectivity index is 2.25. The van der Waals surface area contributed by atoms with Crippen LogP contribution < -0.4 is 10.9 Å². The maximum Gasteiger partial charge on any atom is 0.270 e. The lowest BCUT2D eigenvalue weighted by atomic mass is 10.0. The number of nitrogens with zero attached hydrogens (tertiary/aromatic N) is 1. The molecule has 3 heterocycles. The lowest BCUT2D eigenvalue weighted by Gasteiger charge is -2.34. The van der Waals surface area contributed by atoms with E-state index in [1.54, 1.807) is 10.6 Å². The van der Waals surface area contributed by atoms with Crippen LogP contribution in [0.15, 0.2) is 16.9 Å². The zero-order chi connectivity index (χ0) is 12.0. The third-order valence-electron chi connectivity index (χ3n) is 3.60. The summed E-state index contributed by atoms with van der Waals surface area (Å²) in [5, 5.41) is 2.96. The molecule has 5 nitrogen and oxygen atoms in total. The summed E-state index contributed by atoms with van der Waals surface area (Å²) in [4.78, 5) is 24.0. The number of carbonyl (C=O) groups excluding carboxylic acids is 1. The number of fused-ring (bicyclic) bond motifs is 2. The Morgan fingerprint density at radius 3 is 2.71 bits per heavy atom. The van der Waals surface area contributed by atoms with Crippen LogP contribution in [0.4, 0.5) is 0 Å². The van der Waals surface area contributed by atoms with Gasteiger partial charge in [0.2, 0.25) is 0 Å². The summed E-state index contributed by atoms with van der Waals surface area (Å²) in [5.41, 5.74) is 0.657. The number of ether oxygens (including phenoxy) is 1. The molecular weight excluding hydrogens is 220 g/mol. The molecule has 90 valence electrons. The zero-order valence-corrected chi connectivity index (χ0v) is 9.66. The van der Waals surface area contributed by atoms with E-state index in [1.807, 2.05) is 6.92 Å². The van der Waals surface area contributed by atoms with Gasteiger partial charge in [0.25, 0.3) is 11.5 Å². The number of hydrogen-bond donors (Lipinski definition) is 1. The number of nitrogens with one attached hydrogen (secondary N) is 1.